The summed E-state index contributed by atoms with van der Waals surface area (Å²) < 4.78 is 6.01. The predicted octanol–water partition coefficient (Wildman–Crippen LogP) is 2.33. The van der Waals surface area contributed by atoms with Crippen LogP contribution in [0.2, 0.25) is 0 Å². The van der Waals surface area contributed by atoms with Gasteiger partial charge in [0.25, 0.3) is 0 Å². The Morgan fingerprint density at radius 2 is 2.00 bits per heavy atom. The van der Waals surface area contributed by atoms with Crippen LogP contribution in [-0.4, -0.2) is 37.3 Å². The number of ether oxygens (including phenoxy) is 1. The summed E-state index contributed by atoms with van der Waals surface area (Å²) in [4.78, 5) is 11.3. The van der Waals surface area contributed by atoms with Crippen LogP contribution in [0.1, 0.15) is 33.6 Å². The van der Waals surface area contributed by atoms with E-state index < -0.39 is 0 Å². The van der Waals surface area contributed by atoms with E-state index in [-0.39, 0.29) is 12.2 Å². The van der Waals surface area contributed by atoms with Gasteiger partial charge in [0.15, 0.2) is 0 Å². The van der Waals surface area contributed by atoms with Gasteiger partial charge in [0.2, 0.25) is 6.23 Å². The highest BCUT2D eigenvalue weighted by Crippen LogP contribution is 2.11. The number of nitrogens with zero attached hydrogens (tertiary/aromatic N) is 1. The van der Waals surface area contributed by atoms with E-state index in [9.17, 15) is 4.79 Å². The number of carbonyl (C=O) groups excluding carboxylic acids is 1. The molecule has 3 heteroatoms. The van der Waals surface area contributed by atoms with E-state index in [1.165, 1.54) is 0 Å². The van der Waals surface area contributed by atoms with Crippen LogP contribution in [0.15, 0.2) is 12.2 Å². The molecule has 0 radical (unpaired) electrons. The average molecular weight is 214 g/mol. The fourth-order valence-corrected chi connectivity index (χ4v) is 1.15. The molecule has 0 N–H and O–H groups in total. The van der Waals surface area contributed by atoms with Crippen LogP contribution in [0, 0.1) is 0 Å². The number of quaternary nitrogens is 1. The second kappa shape index (κ2) is 5.91. The highest BCUT2D eigenvalue weighted by atomic mass is 16.6. The topological polar surface area (TPSA) is 26.3 Å². The predicted molar refractivity (Wildman–Crippen MR) is 62.3 cm³/mol. The van der Waals surface area contributed by atoms with Gasteiger partial charge in [0, 0.05) is 12.5 Å². The molecule has 3 nitrogen and oxygen atoms in total. The Bertz CT molecular complexity index is 234. The van der Waals surface area contributed by atoms with Crippen molar-refractivity contribution in [2.75, 3.05) is 20.6 Å². The van der Waals surface area contributed by atoms with Crippen LogP contribution in [0.5, 0.6) is 0 Å². The highest BCUT2D eigenvalue weighted by molar-refractivity contribution is 5.86. The van der Waals surface area contributed by atoms with Gasteiger partial charge < -0.3 is 4.74 Å². The maximum Gasteiger partial charge on any atom is 0.337 e. The molecule has 0 saturated carbocycles. The minimum absolute atomic E-state index is 0.124. The van der Waals surface area contributed by atoms with E-state index in [0.717, 1.165) is 19.4 Å². The van der Waals surface area contributed by atoms with Crippen molar-refractivity contribution in [1.29, 1.82) is 0 Å². The monoisotopic (exact) mass is 214 g/mol. The summed E-state index contributed by atoms with van der Waals surface area (Å²) in [6.45, 7) is 10.3. The molecule has 0 aromatic carbocycles. The lowest BCUT2D eigenvalue weighted by Gasteiger charge is -2.35. The summed E-state index contributed by atoms with van der Waals surface area (Å²) >= 11 is 0. The van der Waals surface area contributed by atoms with Gasteiger partial charge in [0.05, 0.1) is 20.6 Å². The molecular formula is C12H24NO2+. The molecular weight excluding hydrogens is 190 g/mol. The summed E-state index contributed by atoms with van der Waals surface area (Å²) in [6.07, 6.45) is 2.17. The largest absolute Gasteiger partial charge is 0.409 e. The maximum atomic E-state index is 11.3. The summed E-state index contributed by atoms with van der Waals surface area (Å²) in [7, 11) is 4.15. The van der Waals surface area contributed by atoms with Crippen LogP contribution in [0.3, 0.4) is 0 Å². The van der Waals surface area contributed by atoms with E-state index in [1.54, 1.807) is 6.92 Å². The van der Waals surface area contributed by atoms with E-state index >= 15 is 0 Å². The second-order valence-electron chi connectivity index (χ2n) is 4.64. The van der Waals surface area contributed by atoms with Crippen molar-refractivity contribution in [3.05, 3.63) is 12.2 Å². The molecule has 88 valence electrons. The van der Waals surface area contributed by atoms with E-state index in [0.29, 0.717) is 10.1 Å². The molecule has 0 saturated heterocycles. The lowest BCUT2D eigenvalue weighted by Crippen LogP contribution is -2.50. The molecule has 0 spiro atoms. The first-order chi connectivity index (χ1) is 6.81. The van der Waals surface area contributed by atoms with E-state index in [2.05, 4.69) is 27.6 Å². The first-order valence-electron chi connectivity index (χ1n) is 5.50. The lowest BCUT2D eigenvalue weighted by atomic mass is 10.3. The second-order valence-corrected chi connectivity index (χ2v) is 4.64. The maximum absolute atomic E-state index is 11.3. The standard InChI is InChI=1S/C12H24NO2/c1-7-8-9-13(5,6)11(4)15-12(14)10(2)3/h11H,2,7-9H2,1,3-6H3/q+1. The zero-order chi connectivity index (χ0) is 12.1. The zero-order valence-electron chi connectivity index (χ0n) is 10.7. The minimum Gasteiger partial charge on any atom is -0.409 e. The van der Waals surface area contributed by atoms with E-state index in [4.69, 9.17) is 4.74 Å². The van der Waals surface area contributed by atoms with Gasteiger partial charge in [-0.15, -0.1) is 0 Å². The Kier molecular flexibility index (Phi) is 5.58. The molecule has 0 amide bonds. The molecule has 0 bridgehead atoms. The number of carbonyl (C=O) groups is 1. The normalized spacial score (nSPS) is 13.4. The Hall–Kier alpha value is -0.830. The van der Waals surface area contributed by atoms with Crippen molar-refractivity contribution in [2.45, 2.75) is 39.8 Å². The van der Waals surface area contributed by atoms with Crippen LogP contribution in [0.25, 0.3) is 0 Å². The van der Waals surface area contributed by atoms with Gasteiger partial charge in [-0.1, -0.05) is 19.9 Å². The fraction of sp³-hybridized carbons (Fsp3) is 0.750. The number of hydrogen-bond donors (Lipinski definition) is 0. The molecule has 0 aromatic rings. The summed E-state index contributed by atoms with van der Waals surface area (Å²) in [5.41, 5.74) is 0.456. The smallest absolute Gasteiger partial charge is 0.337 e. The SMILES string of the molecule is C=C(C)C(=O)OC(C)[N+](C)(C)CCCC. The summed E-state index contributed by atoms with van der Waals surface area (Å²) in [6, 6.07) is 0. The van der Waals surface area contributed by atoms with Crippen molar-refractivity contribution >= 4 is 5.97 Å². The third kappa shape index (κ3) is 4.98. The lowest BCUT2D eigenvalue weighted by molar-refractivity contribution is -0.932. The van der Waals surface area contributed by atoms with Gasteiger partial charge in [-0.25, -0.2) is 4.79 Å². The molecule has 0 rings (SSSR count). The molecule has 0 aromatic heterocycles. The first-order valence-corrected chi connectivity index (χ1v) is 5.50. The first kappa shape index (κ1) is 14.2. The number of rotatable bonds is 6. The Morgan fingerprint density at radius 3 is 2.40 bits per heavy atom. The quantitative estimate of drug-likeness (QED) is 0.293. The molecule has 0 aliphatic rings. The third-order valence-corrected chi connectivity index (χ3v) is 2.70. The van der Waals surface area contributed by atoms with E-state index in [1.807, 2.05) is 6.92 Å². The molecule has 0 aliphatic carbocycles. The van der Waals surface area contributed by atoms with Crippen molar-refractivity contribution in [3.8, 4) is 0 Å². The van der Waals surface area contributed by atoms with Gasteiger partial charge >= 0.3 is 5.97 Å². The van der Waals surface area contributed by atoms with Crippen molar-refractivity contribution < 1.29 is 14.0 Å². The van der Waals surface area contributed by atoms with Crippen LogP contribution >= 0.6 is 0 Å². The molecule has 0 aliphatic heterocycles. The molecule has 0 fully saturated rings. The van der Waals surface area contributed by atoms with Crippen LogP contribution in [-0.2, 0) is 9.53 Å². The molecule has 1 atom stereocenters. The highest BCUT2D eigenvalue weighted by Gasteiger charge is 2.26. The number of unbranched alkanes of at least 4 members (excludes halogenated alkanes) is 1. The average Bonchev–Trinajstić information content (AvgIpc) is 2.14. The summed E-state index contributed by atoms with van der Waals surface area (Å²) in [5, 5.41) is 0. The zero-order valence-corrected chi connectivity index (χ0v) is 10.7. The minimum atomic E-state index is -0.301. The Balaban J connectivity index is 4.23. The third-order valence-electron chi connectivity index (χ3n) is 2.70. The van der Waals surface area contributed by atoms with Crippen molar-refractivity contribution in [2.24, 2.45) is 0 Å². The molecule has 1 unspecified atom stereocenters. The van der Waals surface area contributed by atoms with Crippen molar-refractivity contribution in [3.63, 3.8) is 0 Å². The molecule has 15 heavy (non-hydrogen) atoms. The molecule has 0 heterocycles. The number of esters is 1. The van der Waals surface area contributed by atoms with Crippen molar-refractivity contribution in [1.82, 2.24) is 0 Å². The van der Waals surface area contributed by atoms with Gasteiger partial charge in [-0.3, -0.25) is 4.48 Å². The Morgan fingerprint density at radius 1 is 1.47 bits per heavy atom. The summed E-state index contributed by atoms with van der Waals surface area (Å²) in [5.74, 6) is -0.301. The van der Waals surface area contributed by atoms with Crippen LogP contribution in [0.4, 0.5) is 0 Å². The van der Waals surface area contributed by atoms with Gasteiger partial charge in [-0.2, -0.15) is 0 Å². The van der Waals surface area contributed by atoms with Crippen LogP contribution < -0.4 is 0 Å². The van der Waals surface area contributed by atoms with Gasteiger partial charge in [0.1, 0.15) is 0 Å². The fourth-order valence-electron chi connectivity index (χ4n) is 1.15. The van der Waals surface area contributed by atoms with Gasteiger partial charge in [-0.05, 0) is 13.3 Å². The Labute approximate surface area is 93.3 Å². The number of hydrogen-bond acceptors (Lipinski definition) is 2.